The molecule has 1 aliphatic heterocycles. The first-order valence-electron chi connectivity index (χ1n) is 9.51. The highest BCUT2D eigenvalue weighted by atomic mass is 35.5. The van der Waals surface area contributed by atoms with E-state index in [1.54, 1.807) is 13.2 Å². The molecule has 1 N–H and O–H groups in total. The van der Waals surface area contributed by atoms with Gasteiger partial charge >= 0.3 is 0 Å². The Labute approximate surface area is 175 Å². The van der Waals surface area contributed by atoms with E-state index in [1.165, 1.54) is 0 Å². The van der Waals surface area contributed by atoms with E-state index in [0.717, 1.165) is 73.1 Å². The number of hydrogen-bond acceptors (Lipinski definition) is 4. The minimum absolute atomic E-state index is 0.558. The highest BCUT2D eigenvalue weighted by Gasteiger charge is 2.20. The third kappa shape index (κ3) is 3.85. The quantitative estimate of drug-likeness (QED) is 0.680. The van der Waals surface area contributed by atoms with Gasteiger partial charge in [-0.3, -0.25) is 9.30 Å². The standard InChI is InChI=1S/C21H24Cl2N4O/c1-14-10-15(4-5-19(14)28-2)20-18(13-26-8-3-6-24-7-9-26)27-12-16(22)11-17(23)21(27)25-20/h4-5,10-12,24H,3,6-9,13H2,1-2H3. The van der Waals surface area contributed by atoms with Crippen LogP contribution in [0.5, 0.6) is 5.75 Å². The molecule has 0 radical (unpaired) electrons. The van der Waals surface area contributed by atoms with Crippen molar-refractivity contribution in [2.75, 3.05) is 33.3 Å². The van der Waals surface area contributed by atoms with Crippen LogP contribution in [0.25, 0.3) is 16.9 Å². The van der Waals surface area contributed by atoms with E-state index >= 15 is 0 Å². The molecule has 2 aromatic heterocycles. The molecule has 0 spiro atoms. The number of aryl methyl sites for hydroxylation is 1. The monoisotopic (exact) mass is 418 g/mol. The fraction of sp³-hybridized carbons (Fsp3) is 0.381. The summed E-state index contributed by atoms with van der Waals surface area (Å²) < 4.78 is 7.46. The van der Waals surface area contributed by atoms with Crippen LogP contribution in [-0.2, 0) is 6.54 Å². The number of rotatable bonds is 4. The van der Waals surface area contributed by atoms with Gasteiger partial charge in [-0.2, -0.15) is 0 Å². The molecule has 1 saturated heterocycles. The second-order valence-corrected chi connectivity index (χ2v) is 8.01. The molecule has 7 heteroatoms. The van der Waals surface area contributed by atoms with Gasteiger partial charge in [-0.05, 0) is 56.3 Å². The lowest BCUT2D eigenvalue weighted by Gasteiger charge is -2.20. The van der Waals surface area contributed by atoms with Crippen molar-refractivity contribution in [2.45, 2.75) is 19.9 Å². The Morgan fingerprint density at radius 2 is 2.04 bits per heavy atom. The molecule has 0 saturated carbocycles. The van der Waals surface area contributed by atoms with Crippen LogP contribution in [0.15, 0.2) is 30.5 Å². The van der Waals surface area contributed by atoms with Crippen molar-refractivity contribution in [3.05, 3.63) is 51.8 Å². The third-order valence-corrected chi connectivity index (χ3v) is 5.70. The Bertz CT molecular complexity index is 994. The summed E-state index contributed by atoms with van der Waals surface area (Å²) in [6.45, 7) is 6.95. The van der Waals surface area contributed by atoms with Crippen molar-refractivity contribution >= 4 is 28.8 Å². The smallest absolute Gasteiger partial charge is 0.156 e. The SMILES string of the molecule is COc1ccc(-c2nc3c(Cl)cc(Cl)cn3c2CN2CCCNCC2)cc1C. The summed E-state index contributed by atoms with van der Waals surface area (Å²) in [5, 5.41) is 4.62. The minimum atomic E-state index is 0.558. The third-order valence-electron chi connectivity index (χ3n) is 5.22. The van der Waals surface area contributed by atoms with E-state index in [4.69, 9.17) is 32.9 Å². The van der Waals surface area contributed by atoms with Gasteiger partial charge in [0.1, 0.15) is 5.75 Å². The van der Waals surface area contributed by atoms with Crippen molar-refractivity contribution in [3.8, 4) is 17.0 Å². The summed E-state index contributed by atoms with van der Waals surface area (Å²) in [5.41, 5.74) is 4.90. The van der Waals surface area contributed by atoms with Crippen LogP contribution in [0.3, 0.4) is 0 Å². The molecule has 5 nitrogen and oxygen atoms in total. The van der Waals surface area contributed by atoms with Gasteiger partial charge in [0.05, 0.1) is 28.5 Å². The Hall–Kier alpha value is -1.79. The van der Waals surface area contributed by atoms with E-state index < -0.39 is 0 Å². The van der Waals surface area contributed by atoms with Crippen molar-refractivity contribution in [1.29, 1.82) is 0 Å². The number of ether oxygens (including phenoxy) is 1. The molecule has 1 aromatic carbocycles. The van der Waals surface area contributed by atoms with E-state index in [2.05, 4.69) is 22.3 Å². The lowest BCUT2D eigenvalue weighted by molar-refractivity contribution is 0.281. The van der Waals surface area contributed by atoms with Gasteiger partial charge in [-0.1, -0.05) is 23.2 Å². The molecule has 3 aromatic rings. The molecular weight excluding hydrogens is 395 g/mol. The lowest BCUT2D eigenvalue weighted by Crippen LogP contribution is -2.28. The summed E-state index contributed by atoms with van der Waals surface area (Å²) in [6.07, 6.45) is 3.04. The van der Waals surface area contributed by atoms with Gasteiger partial charge in [-0.15, -0.1) is 0 Å². The van der Waals surface area contributed by atoms with Crippen molar-refractivity contribution in [1.82, 2.24) is 19.6 Å². The maximum Gasteiger partial charge on any atom is 0.156 e. The van der Waals surface area contributed by atoms with Crippen LogP contribution in [0.1, 0.15) is 17.7 Å². The van der Waals surface area contributed by atoms with Gasteiger partial charge < -0.3 is 10.1 Å². The number of fused-ring (bicyclic) bond motifs is 1. The number of pyridine rings is 1. The minimum Gasteiger partial charge on any atom is -0.496 e. The Balaban J connectivity index is 1.84. The van der Waals surface area contributed by atoms with Crippen LogP contribution in [0.4, 0.5) is 0 Å². The van der Waals surface area contributed by atoms with Crippen LogP contribution < -0.4 is 10.1 Å². The molecule has 3 heterocycles. The molecule has 28 heavy (non-hydrogen) atoms. The highest BCUT2D eigenvalue weighted by Crippen LogP contribution is 2.32. The molecule has 148 valence electrons. The van der Waals surface area contributed by atoms with Gasteiger partial charge in [0, 0.05) is 31.4 Å². The molecule has 0 bridgehead atoms. The van der Waals surface area contributed by atoms with Gasteiger partial charge in [0.2, 0.25) is 0 Å². The first-order valence-corrected chi connectivity index (χ1v) is 10.3. The molecule has 0 aliphatic carbocycles. The molecule has 1 aliphatic rings. The fourth-order valence-corrected chi connectivity index (χ4v) is 4.31. The summed E-state index contributed by atoms with van der Waals surface area (Å²) in [5.74, 6) is 0.869. The summed E-state index contributed by atoms with van der Waals surface area (Å²) in [4.78, 5) is 7.35. The number of aromatic nitrogens is 2. The number of nitrogens with zero attached hydrogens (tertiary/aromatic N) is 3. The molecule has 0 amide bonds. The summed E-state index contributed by atoms with van der Waals surface area (Å²) in [6, 6.07) is 7.90. The maximum atomic E-state index is 6.47. The number of methoxy groups -OCH3 is 1. The number of hydrogen-bond donors (Lipinski definition) is 1. The number of imidazole rings is 1. The largest absolute Gasteiger partial charge is 0.496 e. The van der Waals surface area contributed by atoms with Crippen molar-refractivity contribution in [2.24, 2.45) is 0 Å². The van der Waals surface area contributed by atoms with E-state index in [9.17, 15) is 0 Å². The predicted octanol–water partition coefficient (Wildman–Crippen LogP) is 4.42. The molecular formula is C21H24Cl2N4O. The fourth-order valence-electron chi connectivity index (χ4n) is 3.80. The second-order valence-electron chi connectivity index (χ2n) is 7.17. The molecule has 1 fully saturated rings. The topological polar surface area (TPSA) is 41.8 Å². The average molecular weight is 419 g/mol. The molecule has 0 atom stereocenters. The van der Waals surface area contributed by atoms with E-state index in [-0.39, 0.29) is 0 Å². The average Bonchev–Trinajstić information content (AvgIpc) is 2.85. The molecule has 4 rings (SSSR count). The Morgan fingerprint density at radius 1 is 1.18 bits per heavy atom. The Kier molecular flexibility index (Phi) is 5.78. The van der Waals surface area contributed by atoms with Crippen LogP contribution in [0, 0.1) is 6.92 Å². The van der Waals surface area contributed by atoms with E-state index in [1.807, 2.05) is 23.6 Å². The van der Waals surface area contributed by atoms with Crippen molar-refractivity contribution < 1.29 is 4.74 Å². The first kappa shape index (κ1) is 19.5. The summed E-state index contributed by atoms with van der Waals surface area (Å²) in [7, 11) is 1.69. The predicted molar refractivity (Wildman–Crippen MR) is 115 cm³/mol. The van der Waals surface area contributed by atoms with E-state index in [0.29, 0.717) is 10.0 Å². The van der Waals surface area contributed by atoms with Gasteiger partial charge in [0.15, 0.2) is 5.65 Å². The molecule has 0 unspecified atom stereocenters. The van der Waals surface area contributed by atoms with Crippen LogP contribution >= 0.6 is 23.2 Å². The second kappa shape index (κ2) is 8.29. The number of benzene rings is 1. The van der Waals surface area contributed by atoms with Gasteiger partial charge in [0.25, 0.3) is 0 Å². The number of halogens is 2. The summed E-state index contributed by atoms with van der Waals surface area (Å²) >= 11 is 12.8. The first-order chi connectivity index (χ1) is 13.6. The maximum absolute atomic E-state index is 6.47. The zero-order valence-electron chi connectivity index (χ0n) is 16.1. The van der Waals surface area contributed by atoms with Crippen LogP contribution in [0.2, 0.25) is 10.0 Å². The highest BCUT2D eigenvalue weighted by molar-refractivity contribution is 6.36. The zero-order chi connectivity index (χ0) is 19.7. The van der Waals surface area contributed by atoms with Crippen LogP contribution in [-0.4, -0.2) is 47.6 Å². The normalized spacial score (nSPS) is 15.7. The lowest BCUT2D eigenvalue weighted by atomic mass is 10.1. The van der Waals surface area contributed by atoms with Gasteiger partial charge in [-0.25, -0.2) is 4.98 Å². The zero-order valence-corrected chi connectivity index (χ0v) is 17.6. The Morgan fingerprint density at radius 3 is 2.82 bits per heavy atom. The number of nitrogens with one attached hydrogen (secondary N) is 1. The van der Waals surface area contributed by atoms with Crippen molar-refractivity contribution in [3.63, 3.8) is 0 Å².